The van der Waals surface area contributed by atoms with E-state index in [9.17, 15) is 9.59 Å². The number of amides is 2. The third-order valence-corrected chi connectivity index (χ3v) is 7.49. The maximum atomic E-state index is 13.3. The van der Waals surface area contributed by atoms with Crippen LogP contribution in [0.1, 0.15) is 63.0 Å². The lowest BCUT2D eigenvalue weighted by molar-refractivity contribution is -0.141. The maximum absolute atomic E-state index is 13.3. The molecule has 2 aromatic carbocycles. The van der Waals surface area contributed by atoms with Crippen molar-refractivity contribution in [2.45, 2.75) is 82.3 Å². The molecule has 1 aliphatic carbocycles. The molecule has 1 saturated carbocycles. The van der Waals surface area contributed by atoms with Gasteiger partial charge in [0, 0.05) is 28.9 Å². The fourth-order valence-corrected chi connectivity index (χ4v) is 5.36. The van der Waals surface area contributed by atoms with Gasteiger partial charge in [0.25, 0.3) is 0 Å². The van der Waals surface area contributed by atoms with Gasteiger partial charge < -0.3 is 10.2 Å². The fraction of sp³-hybridized carbons (Fsp3) is 0.481. The molecular weight excluding hydrogens is 452 g/mol. The smallest absolute Gasteiger partial charge is 0.243 e. The van der Waals surface area contributed by atoms with Gasteiger partial charge in [-0.05, 0) is 68.2 Å². The van der Waals surface area contributed by atoms with Gasteiger partial charge >= 0.3 is 0 Å². The predicted octanol–water partition coefficient (Wildman–Crippen LogP) is 6.39. The van der Waals surface area contributed by atoms with Crippen LogP contribution in [-0.2, 0) is 16.1 Å². The predicted molar refractivity (Wildman–Crippen MR) is 138 cm³/mol. The van der Waals surface area contributed by atoms with Gasteiger partial charge in [0.2, 0.25) is 11.8 Å². The summed E-state index contributed by atoms with van der Waals surface area (Å²) in [5.41, 5.74) is 2.22. The van der Waals surface area contributed by atoms with E-state index < -0.39 is 6.04 Å². The summed E-state index contributed by atoms with van der Waals surface area (Å²) in [6.45, 7) is 4.50. The minimum Gasteiger partial charge on any atom is -0.352 e. The van der Waals surface area contributed by atoms with Gasteiger partial charge in [0.05, 0.1) is 0 Å². The molecule has 6 heteroatoms. The van der Waals surface area contributed by atoms with E-state index in [0.717, 1.165) is 46.1 Å². The average molecular weight is 487 g/mol. The monoisotopic (exact) mass is 486 g/mol. The van der Waals surface area contributed by atoms with E-state index in [-0.39, 0.29) is 17.9 Å². The number of halogens is 1. The highest BCUT2D eigenvalue weighted by Gasteiger charge is 2.30. The van der Waals surface area contributed by atoms with Crippen LogP contribution in [0, 0.1) is 6.92 Å². The number of nitrogens with zero attached hydrogens (tertiary/aromatic N) is 1. The summed E-state index contributed by atoms with van der Waals surface area (Å²) in [7, 11) is 0. The van der Waals surface area contributed by atoms with E-state index in [4.69, 9.17) is 11.6 Å². The summed E-state index contributed by atoms with van der Waals surface area (Å²) in [6.07, 6.45) is 6.20. The van der Waals surface area contributed by atoms with Crippen molar-refractivity contribution in [3.8, 4) is 0 Å². The quantitative estimate of drug-likeness (QED) is 0.296. The highest BCUT2D eigenvalue weighted by molar-refractivity contribution is 7.99. The van der Waals surface area contributed by atoms with Crippen molar-refractivity contribution < 1.29 is 9.59 Å². The van der Waals surface area contributed by atoms with Gasteiger partial charge in [-0.15, -0.1) is 11.8 Å². The molecule has 0 bridgehead atoms. The van der Waals surface area contributed by atoms with Crippen molar-refractivity contribution in [3.63, 3.8) is 0 Å². The second-order valence-corrected chi connectivity index (χ2v) is 10.4. The highest BCUT2D eigenvalue weighted by Crippen LogP contribution is 2.23. The number of aryl methyl sites for hydroxylation is 1. The molecule has 0 spiro atoms. The van der Waals surface area contributed by atoms with Gasteiger partial charge in [0.15, 0.2) is 0 Å². The van der Waals surface area contributed by atoms with Crippen LogP contribution in [0.3, 0.4) is 0 Å². The van der Waals surface area contributed by atoms with E-state index in [0.29, 0.717) is 19.4 Å². The summed E-state index contributed by atoms with van der Waals surface area (Å²) in [5.74, 6) is 0.874. The Labute approximate surface area is 207 Å². The van der Waals surface area contributed by atoms with Crippen molar-refractivity contribution in [1.82, 2.24) is 10.2 Å². The highest BCUT2D eigenvalue weighted by atomic mass is 35.5. The number of nitrogens with one attached hydrogen (secondary N) is 1. The second-order valence-electron chi connectivity index (χ2n) is 8.83. The van der Waals surface area contributed by atoms with Gasteiger partial charge in [-0.25, -0.2) is 0 Å². The SMILES string of the molecule is CCC(C(=O)NC1CCCC1)N(Cc1cccc(C)c1)C(=O)CCCSc1ccc(Cl)cc1. The number of thioether (sulfide) groups is 1. The second kappa shape index (κ2) is 13.0. The molecule has 1 aliphatic rings. The van der Waals surface area contributed by atoms with Crippen molar-refractivity contribution >= 4 is 35.2 Å². The first-order valence-corrected chi connectivity index (χ1v) is 13.4. The zero-order valence-corrected chi connectivity index (χ0v) is 21.3. The van der Waals surface area contributed by atoms with Crippen LogP contribution in [0.25, 0.3) is 0 Å². The van der Waals surface area contributed by atoms with Crippen LogP contribution in [0.5, 0.6) is 0 Å². The molecule has 0 saturated heterocycles. The van der Waals surface area contributed by atoms with E-state index in [1.54, 1.807) is 16.7 Å². The van der Waals surface area contributed by atoms with Crippen molar-refractivity contribution in [2.24, 2.45) is 0 Å². The first kappa shape index (κ1) is 25.6. The molecule has 0 heterocycles. The zero-order chi connectivity index (χ0) is 23.6. The van der Waals surface area contributed by atoms with Crippen LogP contribution < -0.4 is 5.32 Å². The summed E-state index contributed by atoms with van der Waals surface area (Å²) < 4.78 is 0. The van der Waals surface area contributed by atoms with E-state index in [1.165, 1.54) is 12.8 Å². The van der Waals surface area contributed by atoms with Crippen LogP contribution in [0.2, 0.25) is 5.02 Å². The van der Waals surface area contributed by atoms with Gasteiger partial charge in [-0.1, -0.05) is 61.2 Å². The Morgan fingerprint density at radius 2 is 1.88 bits per heavy atom. The van der Waals surface area contributed by atoms with Crippen LogP contribution in [0.15, 0.2) is 53.4 Å². The van der Waals surface area contributed by atoms with E-state index in [2.05, 4.69) is 11.4 Å². The molecule has 33 heavy (non-hydrogen) atoms. The van der Waals surface area contributed by atoms with Crippen molar-refractivity contribution in [3.05, 3.63) is 64.7 Å². The average Bonchev–Trinajstić information content (AvgIpc) is 3.30. The summed E-state index contributed by atoms with van der Waals surface area (Å²) in [6, 6.07) is 15.8. The lowest BCUT2D eigenvalue weighted by Gasteiger charge is -2.31. The zero-order valence-electron chi connectivity index (χ0n) is 19.7. The van der Waals surface area contributed by atoms with Crippen LogP contribution in [-0.4, -0.2) is 34.6 Å². The van der Waals surface area contributed by atoms with E-state index >= 15 is 0 Å². The normalized spacial score (nSPS) is 14.8. The van der Waals surface area contributed by atoms with Gasteiger partial charge in [0.1, 0.15) is 6.04 Å². The molecule has 1 atom stereocenters. The van der Waals surface area contributed by atoms with E-state index in [1.807, 2.05) is 56.3 Å². The molecule has 178 valence electrons. The minimum atomic E-state index is -0.442. The Kier molecular flexibility index (Phi) is 10.1. The minimum absolute atomic E-state index is 0.0130. The van der Waals surface area contributed by atoms with Crippen LogP contribution in [0.4, 0.5) is 0 Å². The molecule has 4 nitrogen and oxygen atoms in total. The summed E-state index contributed by atoms with van der Waals surface area (Å²) in [5, 5.41) is 3.93. The number of hydrogen-bond acceptors (Lipinski definition) is 3. The lowest BCUT2D eigenvalue weighted by Crippen LogP contribution is -2.50. The van der Waals surface area contributed by atoms with Gasteiger partial charge in [-0.3, -0.25) is 9.59 Å². The largest absolute Gasteiger partial charge is 0.352 e. The molecular formula is C27H35ClN2O2S. The number of carbonyl (C=O) groups excluding carboxylic acids is 2. The molecule has 2 aromatic rings. The molecule has 1 N–H and O–H groups in total. The fourth-order valence-electron chi connectivity index (χ4n) is 4.38. The Morgan fingerprint density at radius 3 is 2.55 bits per heavy atom. The third-order valence-electron chi connectivity index (χ3n) is 6.14. The molecule has 1 fully saturated rings. The first-order valence-electron chi connectivity index (χ1n) is 12.0. The number of hydrogen-bond donors (Lipinski definition) is 1. The Bertz CT molecular complexity index is 913. The lowest BCUT2D eigenvalue weighted by atomic mass is 10.1. The molecule has 0 aromatic heterocycles. The molecule has 1 unspecified atom stereocenters. The number of carbonyl (C=O) groups is 2. The Balaban J connectivity index is 1.64. The van der Waals surface area contributed by atoms with Crippen molar-refractivity contribution in [2.75, 3.05) is 5.75 Å². The summed E-state index contributed by atoms with van der Waals surface area (Å²) in [4.78, 5) is 29.4. The third kappa shape index (κ3) is 8.08. The summed E-state index contributed by atoms with van der Waals surface area (Å²) >= 11 is 7.68. The molecule has 0 radical (unpaired) electrons. The Morgan fingerprint density at radius 1 is 1.15 bits per heavy atom. The molecule has 2 amide bonds. The topological polar surface area (TPSA) is 49.4 Å². The first-order chi connectivity index (χ1) is 16.0. The number of rotatable bonds is 11. The molecule has 3 rings (SSSR count). The number of benzene rings is 2. The standard InChI is InChI=1S/C27H35ClN2O2S/c1-3-25(27(32)29-23-10-4-5-11-23)30(19-21-9-6-8-20(2)18-21)26(31)12-7-17-33-24-15-13-22(28)14-16-24/h6,8-9,13-16,18,23,25H,3-5,7,10-12,17,19H2,1-2H3,(H,29,32). The van der Waals surface area contributed by atoms with Crippen LogP contribution >= 0.6 is 23.4 Å². The molecule has 0 aliphatic heterocycles. The van der Waals surface area contributed by atoms with Gasteiger partial charge in [-0.2, -0.15) is 0 Å². The Hall–Kier alpha value is -1.98. The van der Waals surface area contributed by atoms with Crippen molar-refractivity contribution in [1.29, 1.82) is 0 Å². The maximum Gasteiger partial charge on any atom is 0.243 e.